The van der Waals surface area contributed by atoms with Crippen molar-refractivity contribution in [2.75, 3.05) is 7.05 Å². The van der Waals surface area contributed by atoms with Crippen LogP contribution >= 0.6 is 11.6 Å². The molecule has 1 fully saturated rings. The second kappa shape index (κ2) is 5.96. The number of fused-ring (bicyclic) bond motifs is 1. The molecule has 1 aliphatic rings. The Bertz CT molecular complexity index is 900. The fourth-order valence-electron chi connectivity index (χ4n) is 2.89. The molecule has 122 valence electrons. The van der Waals surface area contributed by atoms with Crippen LogP contribution in [0.15, 0.2) is 52.9 Å². The normalized spacial score (nSPS) is 14.3. The molecule has 0 aliphatic heterocycles. The number of hydrazine groups is 1. The van der Waals surface area contributed by atoms with Gasteiger partial charge in [0.1, 0.15) is 5.58 Å². The highest BCUT2D eigenvalue weighted by Gasteiger charge is 2.29. The van der Waals surface area contributed by atoms with Gasteiger partial charge in [-0.25, -0.2) is 5.01 Å². The van der Waals surface area contributed by atoms with Crippen molar-refractivity contribution in [2.45, 2.75) is 18.9 Å². The molecule has 1 aliphatic carbocycles. The van der Waals surface area contributed by atoms with Crippen molar-refractivity contribution >= 4 is 28.5 Å². The van der Waals surface area contributed by atoms with Crippen LogP contribution in [0.2, 0.25) is 5.02 Å². The summed E-state index contributed by atoms with van der Waals surface area (Å²) >= 11 is 6.07. The number of nitrogens with one attached hydrogen (secondary N) is 1. The first-order valence-electron chi connectivity index (χ1n) is 7.95. The number of halogens is 1. The van der Waals surface area contributed by atoms with Crippen LogP contribution in [0.25, 0.3) is 22.1 Å². The Morgan fingerprint density at radius 3 is 2.67 bits per heavy atom. The van der Waals surface area contributed by atoms with E-state index in [9.17, 15) is 4.79 Å². The number of hydrogen-bond acceptors (Lipinski definition) is 3. The van der Waals surface area contributed by atoms with Crippen LogP contribution in [0.4, 0.5) is 0 Å². The maximum absolute atomic E-state index is 12.8. The monoisotopic (exact) mass is 340 g/mol. The standard InChI is InChI=1S/C19H17ClN2O2/c1-22(14-8-9-14)21-19(23)18-17(12-5-3-2-4-6-12)15-10-7-13(20)11-16(15)24-18/h2-7,10-11,14H,8-9H2,1H3,(H,21,23). The summed E-state index contributed by atoms with van der Waals surface area (Å²) in [6.45, 7) is 0. The lowest BCUT2D eigenvalue weighted by molar-refractivity contribution is 0.0792. The second-order valence-electron chi connectivity index (χ2n) is 6.10. The van der Waals surface area contributed by atoms with Gasteiger partial charge < -0.3 is 4.42 Å². The van der Waals surface area contributed by atoms with Crippen molar-refractivity contribution < 1.29 is 9.21 Å². The third kappa shape index (κ3) is 2.79. The Morgan fingerprint density at radius 2 is 1.96 bits per heavy atom. The van der Waals surface area contributed by atoms with E-state index in [4.69, 9.17) is 16.0 Å². The summed E-state index contributed by atoms with van der Waals surface area (Å²) in [7, 11) is 1.89. The highest BCUT2D eigenvalue weighted by atomic mass is 35.5. The molecular weight excluding hydrogens is 324 g/mol. The van der Waals surface area contributed by atoms with Crippen molar-refractivity contribution in [3.8, 4) is 11.1 Å². The molecule has 1 N–H and O–H groups in total. The van der Waals surface area contributed by atoms with Crippen molar-refractivity contribution in [1.29, 1.82) is 0 Å². The lowest BCUT2D eigenvalue weighted by Gasteiger charge is -2.16. The van der Waals surface area contributed by atoms with Crippen molar-refractivity contribution in [1.82, 2.24) is 10.4 Å². The smallest absolute Gasteiger partial charge is 0.301 e. The van der Waals surface area contributed by atoms with E-state index >= 15 is 0 Å². The van der Waals surface area contributed by atoms with Gasteiger partial charge in [0.25, 0.3) is 0 Å². The third-order valence-corrected chi connectivity index (χ3v) is 4.53. The van der Waals surface area contributed by atoms with E-state index in [1.807, 2.05) is 54.5 Å². The van der Waals surface area contributed by atoms with Gasteiger partial charge in [0.05, 0.1) is 0 Å². The molecule has 3 aromatic rings. The van der Waals surface area contributed by atoms with Crippen molar-refractivity contribution in [2.24, 2.45) is 0 Å². The van der Waals surface area contributed by atoms with Crippen LogP contribution in [0.1, 0.15) is 23.4 Å². The lowest BCUT2D eigenvalue weighted by Crippen LogP contribution is -2.40. The zero-order valence-electron chi connectivity index (χ0n) is 13.3. The minimum Gasteiger partial charge on any atom is -0.450 e. The summed E-state index contributed by atoms with van der Waals surface area (Å²) < 4.78 is 5.87. The fraction of sp³-hybridized carbons (Fsp3) is 0.211. The van der Waals surface area contributed by atoms with Gasteiger partial charge in [-0.2, -0.15) is 0 Å². The van der Waals surface area contributed by atoms with Gasteiger partial charge in [0.15, 0.2) is 0 Å². The van der Waals surface area contributed by atoms with E-state index in [1.54, 1.807) is 6.07 Å². The SMILES string of the molecule is CN(NC(=O)c1oc2cc(Cl)ccc2c1-c1ccccc1)C1CC1. The summed E-state index contributed by atoms with van der Waals surface area (Å²) in [4.78, 5) is 12.8. The Hall–Kier alpha value is -2.30. The molecule has 1 saturated carbocycles. The van der Waals surface area contributed by atoms with Crippen LogP contribution in [0, 0.1) is 0 Å². The second-order valence-corrected chi connectivity index (χ2v) is 6.53. The molecule has 0 radical (unpaired) electrons. The molecule has 0 unspecified atom stereocenters. The van der Waals surface area contributed by atoms with Crippen LogP contribution in [0.5, 0.6) is 0 Å². The van der Waals surface area contributed by atoms with Crippen molar-refractivity contribution in [3.05, 3.63) is 59.3 Å². The highest BCUT2D eigenvalue weighted by molar-refractivity contribution is 6.31. The minimum atomic E-state index is -0.240. The number of carbonyl (C=O) groups excluding carboxylic acids is 1. The van der Waals surface area contributed by atoms with E-state index in [0.717, 1.165) is 29.4 Å². The number of benzene rings is 2. The first-order chi connectivity index (χ1) is 11.6. The fourth-order valence-corrected chi connectivity index (χ4v) is 3.05. The van der Waals surface area contributed by atoms with Gasteiger partial charge in [-0.05, 0) is 30.5 Å². The van der Waals surface area contributed by atoms with Crippen LogP contribution in [0.3, 0.4) is 0 Å². The molecule has 0 bridgehead atoms. The molecule has 4 rings (SSSR count). The topological polar surface area (TPSA) is 45.5 Å². The van der Waals surface area contributed by atoms with Gasteiger partial charge in [-0.3, -0.25) is 10.2 Å². The molecule has 0 saturated heterocycles. The molecule has 0 atom stereocenters. The summed E-state index contributed by atoms with van der Waals surface area (Å²) in [5, 5.41) is 3.32. The number of furan rings is 1. The molecule has 0 spiro atoms. The van der Waals surface area contributed by atoms with Gasteiger partial charge in [0, 0.05) is 35.1 Å². The predicted molar refractivity (Wildman–Crippen MR) is 94.9 cm³/mol. The summed E-state index contributed by atoms with van der Waals surface area (Å²) in [5.41, 5.74) is 5.26. The lowest BCUT2D eigenvalue weighted by atomic mass is 10.0. The van der Waals surface area contributed by atoms with E-state index in [-0.39, 0.29) is 5.91 Å². The molecule has 4 nitrogen and oxygen atoms in total. The number of carbonyl (C=O) groups is 1. The van der Waals surface area contributed by atoms with Crippen LogP contribution in [-0.2, 0) is 0 Å². The molecule has 2 aromatic carbocycles. The third-order valence-electron chi connectivity index (χ3n) is 4.29. The number of rotatable bonds is 4. The average Bonchev–Trinajstić information content (AvgIpc) is 3.36. The van der Waals surface area contributed by atoms with Crippen LogP contribution < -0.4 is 5.43 Å². The Labute approximate surface area is 145 Å². The largest absolute Gasteiger partial charge is 0.450 e. The van der Waals surface area contributed by atoms with E-state index < -0.39 is 0 Å². The van der Waals surface area contributed by atoms with E-state index in [1.165, 1.54) is 0 Å². The number of hydrogen-bond donors (Lipinski definition) is 1. The molecule has 5 heteroatoms. The predicted octanol–water partition coefficient (Wildman–Crippen LogP) is 4.49. The minimum absolute atomic E-state index is 0.240. The first-order valence-corrected chi connectivity index (χ1v) is 8.32. The molecular formula is C19H17ClN2O2. The maximum atomic E-state index is 12.8. The van der Waals surface area contributed by atoms with Gasteiger partial charge in [-0.15, -0.1) is 0 Å². The van der Waals surface area contributed by atoms with Crippen molar-refractivity contribution in [3.63, 3.8) is 0 Å². The molecule has 24 heavy (non-hydrogen) atoms. The zero-order valence-corrected chi connectivity index (χ0v) is 14.0. The van der Waals surface area contributed by atoms with Gasteiger partial charge in [-0.1, -0.05) is 41.9 Å². The number of nitrogens with zero attached hydrogens (tertiary/aromatic N) is 1. The quantitative estimate of drug-likeness (QED) is 0.712. The Balaban J connectivity index is 1.82. The van der Waals surface area contributed by atoms with Gasteiger partial charge in [0.2, 0.25) is 5.76 Å². The summed E-state index contributed by atoms with van der Waals surface area (Å²) in [5.74, 6) is 0.0709. The average molecular weight is 341 g/mol. The van der Waals surface area contributed by atoms with E-state index in [2.05, 4.69) is 5.43 Å². The molecule has 1 amide bonds. The Kier molecular flexibility index (Phi) is 3.79. The maximum Gasteiger partial charge on any atom is 0.301 e. The first kappa shape index (κ1) is 15.2. The van der Waals surface area contributed by atoms with Gasteiger partial charge >= 0.3 is 5.91 Å². The zero-order chi connectivity index (χ0) is 16.7. The molecule has 1 aromatic heterocycles. The highest BCUT2D eigenvalue weighted by Crippen LogP contribution is 2.36. The Morgan fingerprint density at radius 1 is 1.21 bits per heavy atom. The number of amides is 1. The summed E-state index contributed by atoms with van der Waals surface area (Å²) in [6.07, 6.45) is 2.22. The van der Waals surface area contributed by atoms with Crippen LogP contribution in [-0.4, -0.2) is 24.0 Å². The van der Waals surface area contributed by atoms with E-state index in [0.29, 0.717) is 22.4 Å². The molecule has 1 heterocycles. The summed E-state index contributed by atoms with van der Waals surface area (Å²) in [6, 6.07) is 15.7.